The van der Waals surface area contributed by atoms with Crippen molar-refractivity contribution in [3.05, 3.63) is 24.3 Å². The Hall–Kier alpha value is -1.55. The number of carbonyl (C=O) groups is 1. The fourth-order valence-electron chi connectivity index (χ4n) is 1.50. The van der Waals surface area contributed by atoms with Crippen LogP contribution in [0.5, 0.6) is 5.75 Å². The van der Waals surface area contributed by atoms with E-state index in [-0.39, 0.29) is 11.8 Å². The van der Waals surface area contributed by atoms with Crippen molar-refractivity contribution in [3.63, 3.8) is 0 Å². The predicted molar refractivity (Wildman–Crippen MR) is 73.7 cm³/mol. The summed E-state index contributed by atoms with van der Waals surface area (Å²) in [4.78, 5) is 11.8. The van der Waals surface area contributed by atoms with E-state index < -0.39 is 0 Å². The zero-order valence-corrected chi connectivity index (χ0v) is 11.1. The van der Waals surface area contributed by atoms with Crippen molar-refractivity contribution in [2.75, 3.05) is 18.5 Å². The fourth-order valence-corrected chi connectivity index (χ4v) is 1.50. The van der Waals surface area contributed by atoms with Crippen LogP contribution in [0.15, 0.2) is 24.3 Å². The summed E-state index contributed by atoms with van der Waals surface area (Å²) in [6, 6.07) is 7.41. The molecule has 1 aromatic rings. The average Bonchev–Trinajstić information content (AvgIpc) is 2.38. The Kier molecular flexibility index (Phi) is 6.22. The number of benzene rings is 1. The molecule has 3 N–H and O–H groups in total. The summed E-state index contributed by atoms with van der Waals surface area (Å²) in [6.45, 7) is 5.17. The highest BCUT2D eigenvalue weighted by atomic mass is 16.5. The molecule has 1 unspecified atom stereocenters. The molecule has 0 bridgehead atoms. The Labute approximate surface area is 109 Å². The Morgan fingerprint density at radius 2 is 2.06 bits per heavy atom. The first-order valence-corrected chi connectivity index (χ1v) is 6.41. The molecule has 18 heavy (non-hydrogen) atoms. The Morgan fingerprint density at radius 1 is 1.39 bits per heavy atom. The van der Waals surface area contributed by atoms with Gasteiger partial charge in [-0.25, -0.2) is 0 Å². The van der Waals surface area contributed by atoms with E-state index in [0.717, 1.165) is 17.9 Å². The predicted octanol–water partition coefficient (Wildman–Crippen LogP) is 2.40. The molecule has 0 saturated heterocycles. The lowest BCUT2D eigenvalue weighted by Gasteiger charge is -2.11. The number of amides is 1. The second kappa shape index (κ2) is 7.71. The first-order chi connectivity index (χ1) is 8.67. The van der Waals surface area contributed by atoms with Gasteiger partial charge in [0.05, 0.1) is 6.61 Å². The molecule has 1 atom stereocenters. The number of ether oxygens (including phenoxy) is 1. The van der Waals surface area contributed by atoms with Gasteiger partial charge in [0.1, 0.15) is 5.75 Å². The molecule has 0 aliphatic heterocycles. The SMILES string of the molecule is CCCOc1ccc(NC(=O)C(C)CCN)cc1. The van der Waals surface area contributed by atoms with Crippen LogP contribution in [0.3, 0.4) is 0 Å². The van der Waals surface area contributed by atoms with Crippen LogP contribution >= 0.6 is 0 Å². The van der Waals surface area contributed by atoms with Gasteiger partial charge in [-0.3, -0.25) is 4.79 Å². The number of nitrogens with two attached hydrogens (primary N) is 1. The van der Waals surface area contributed by atoms with Crippen molar-refractivity contribution in [3.8, 4) is 5.75 Å². The molecule has 0 radical (unpaired) electrons. The molecule has 0 aliphatic rings. The van der Waals surface area contributed by atoms with E-state index in [1.807, 2.05) is 31.2 Å². The monoisotopic (exact) mass is 250 g/mol. The molecule has 0 spiro atoms. The van der Waals surface area contributed by atoms with Gasteiger partial charge < -0.3 is 15.8 Å². The molecule has 4 heteroatoms. The maximum Gasteiger partial charge on any atom is 0.227 e. The largest absolute Gasteiger partial charge is 0.494 e. The molecule has 100 valence electrons. The molecule has 0 aromatic heterocycles. The van der Waals surface area contributed by atoms with Crippen LogP contribution in [0, 0.1) is 5.92 Å². The molecule has 1 aromatic carbocycles. The third-order valence-corrected chi connectivity index (χ3v) is 2.64. The molecule has 0 aliphatic carbocycles. The van der Waals surface area contributed by atoms with Gasteiger partial charge in [0, 0.05) is 11.6 Å². The number of rotatable bonds is 7. The van der Waals surface area contributed by atoms with Gasteiger partial charge in [0.25, 0.3) is 0 Å². The summed E-state index contributed by atoms with van der Waals surface area (Å²) in [5.41, 5.74) is 6.22. The molecule has 0 saturated carbocycles. The lowest BCUT2D eigenvalue weighted by molar-refractivity contribution is -0.119. The lowest BCUT2D eigenvalue weighted by Crippen LogP contribution is -2.22. The maximum absolute atomic E-state index is 11.8. The summed E-state index contributed by atoms with van der Waals surface area (Å²) in [6.07, 6.45) is 1.68. The van der Waals surface area contributed by atoms with Crippen molar-refractivity contribution in [2.45, 2.75) is 26.7 Å². The van der Waals surface area contributed by atoms with Gasteiger partial charge in [-0.05, 0) is 43.7 Å². The zero-order chi connectivity index (χ0) is 13.4. The van der Waals surface area contributed by atoms with E-state index >= 15 is 0 Å². The standard InChI is InChI=1S/C14H22N2O2/c1-3-10-18-13-6-4-12(5-7-13)16-14(17)11(2)8-9-15/h4-7,11H,3,8-10,15H2,1-2H3,(H,16,17). The summed E-state index contributed by atoms with van der Waals surface area (Å²) < 4.78 is 5.47. The summed E-state index contributed by atoms with van der Waals surface area (Å²) in [5.74, 6) is 0.763. The van der Waals surface area contributed by atoms with Crippen molar-refractivity contribution in [1.82, 2.24) is 0 Å². The summed E-state index contributed by atoms with van der Waals surface area (Å²) in [5, 5.41) is 2.86. The highest BCUT2D eigenvalue weighted by molar-refractivity contribution is 5.92. The normalized spacial score (nSPS) is 11.9. The first kappa shape index (κ1) is 14.5. The van der Waals surface area contributed by atoms with Crippen LogP contribution in [-0.4, -0.2) is 19.1 Å². The van der Waals surface area contributed by atoms with Crippen LogP contribution < -0.4 is 15.8 Å². The smallest absolute Gasteiger partial charge is 0.227 e. The van der Waals surface area contributed by atoms with Gasteiger partial charge in [-0.2, -0.15) is 0 Å². The number of carbonyl (C=O) groups excluding carboxylic acids is 1. The maximum atomic E-state index is 11.8. The highest BCUT2D eigenvalue weighted by Crippen LogP contribution is 2.16. The van der Waals surface area contributed by atoms with Crippen LogP contribution in [0.25, 0.3) is 0 Å². The summed E-state index contributed by atoms with van der Waals surface area (Å²) >= 11 is 0. The van der Waals surface area contributed by atoms with Gasteiger partial charge in [-0.1, -0.05) is 13.8 Å². The van der Waals surface area contributed by atoms with Gasteiger partial charge in [0.15, 0.2) is 0 Å². The van der Waals surface area contributed by atoms with E-state index in [9.17, 15) is 4.79 Å². The van der Waals surface area contributed by atoms with Crippen molar-refractivity contribution >= 4 is 11.6 Å². The van der Waals surface area contributed by atoms with E-state index in [1.165, 1.54) is 0 Å². The summed E-state index contributed by atoms with van der Waals surface area (Å²) in [7, 11) is 0. The minimum absolute atomic E-state index is 0.00248. The van der Waals surface area contributed by atoms with E-state index in [0.29, 0.717) is 19.6 Å². The van der Waals surface area contributed by atoms with E-state index in [2.05, 4.69) is 12.2 Å². The molecule has 1 rings (SSSR count). The number of anilines is 1. The zero-order valence-electron chi connectivity index (χ0n) is 11.1. The topological polar surface area (TPSA) is 64.3 Å². The number of hydrogen-bond acceptors (Lipinski definition) is 3. The minimum Gasteiger partial charge on any atom is -0.494 e. The van der Waals surface area contributed by atoms with Crippen molar-refractivity contribution in [2.24, 2.45) is 11.7 Å². The molecular weight excluding hydrogens is 228 g/mol. The van der Waals surface area contributed by atoms with Crippen molar-refractivity contribution < 1.29 is 9.53 Å². The molecule has 4 nitrogen and oxygen atoms in total. The van der Waals surface area contributed by atoms with Gasteiger partial charge in [0.2, 0.25) is 5.91 Å². The fraction of sp³-hybridized carbons (Fsp3) is 0.500. The highest BCUT2D eigenvalue weighted by Gasteiger charge is 2.11. The average molecular weight is 250 g/mol. The second-order valence-electron chi connectivity index (χ2n) is 4.34. The van der Waals surface area contributed by atoms with E-state index in [1.54, 1.807) is 0 Å². The van der Waals surface area contributed by atoms with Gasteiger partial charge >= 0.3 is 0 Å². The molecule has 0 heterocycles. The van der Waals surface area contributed by atoms with Gasteiger partial charge in [-0.15, -0.1) is 0 Å². The first-order valence-electron chi connectivity index (χ1n) is 6.41. The number of nitrogens with one attached hydrogen (secondary N) is 1. The Bertz CT molecular complexity index is 363. The second-order valence-corrected chi connectivity index (χ2v) is 4.34. The Balaban J connectivity index is 2.50. The third kappa shape index (κ3) is 4.75. The van der Waals surface area contributed by atoms with E-state index in [4.69, 9.17) is 10.5 Å². The quantitative estimate of drug-likeness (QED) is 0.781. The molecule has 0 fully saturated rings. The number of hydrogen-bond donors (Lipinski definition) is 2. The van der Waals surface area contributed by atoms with Crippen LogP contribution in [0.2, 0.25) is 0 Å². The molecule has 1 amide bonds. The van der Waals surface area contributed by atoms with Crippen LogP contribution in [0.1, 0.15) is 26.7 Å². The lowest BCUT2D eigenvalue weighted by atomic mass is 10.1. The van der Waals surface area contributed by atoms with Crippen LogP contribution in [-0.2, 0) is 4.79 Å². The van der Waals surface area contributed by atoms with Crippen LogP contribution in [0.4, 0.5) is 5.69 Å². The Morgan fingerprint density at radius 3 is 2.61 bits per heavy atom. The van der Waals surface area contributed by atoms with Crippen molar-refractivity contribution in [1.29, 1.82) is 0 Å². The molecular formula is C14H22N2O2. The third-order valence-electron chi connectivity index (χ3n) is 2.64. The minimum atomic E-state index is -0.0639.